The Morgan fingerprint density at radius 2 is 2.14 bits per heavy atom. The summed E-state index contributed by atoms with van der Waals surface area (Å²) in [6, 6.07) is 8.44. The molecule has 7 nitrogen and oxygen atoms in total. The van der Waals surface area contributed by atoms with Crippen molar-refractivity contribution in [3.63, 3.8) is 0 Å². The van der Waals surface area contributed by atoms with E-state index < -0.39 is 0 Å². The topological polar surface area (TPSA) is 74.6 Å². The zero-order valence-corrected chi connectivity index (χ0v) is 17.4. The van der Waals surface area contributed by atoms with Crippen LogP contribution in [-0.4, -0.2) is 58.5 Å². The van der Waals surface area contributed by atoms with Crippen molar-refractivity contribution in [2.24, 2.45) is 10.9 Å². The number of aliphatic imine (C=N–C) groups is 1. The minimum atomic E-state index is 0.0499. The number of nitrogens with one attached hydrogen (secondary N) is 2. The van der Waals surface area contributed by atoms with Crippen molar-refractivity contribution in [3.05, 3.63) is 30.1 Å². The van der Waals surface area contributed by atoms with Gasteiger partial charge in [0, 0.05) is 38.1 Å². The Morgan fingerprint density at radius 3 is 2.89 bits per heavy atom. The molecule has 1 unspecified atom stereocenters. The van der Waals surface area contributed by atoms with Crippen LogP contribution in [0.4, 0.5) is 0 Å². The van der Waals surface area contributed by atoms with Crippen LogP contribution in [0.2, 0.25) is 0 Å². The number of carbonyl (C=O) groups is 1. The maximum atomic E-state index is 12.2. The third kappa shape index (κ3) is 4.64. The first-order chi connectivity index (χ1) is 13.5. The van der Waals surface area contributed by atoms with Gasteiger partial charge in [0.15, 0.2) is 5.96 Å². The van der Waals surface area contributed by atoms with Gasteiger partial charge in [-0.15, -0.1) is 0 Å². The van der Waals surface area contributed by atoms with E-state index in [-0.39, 0.29) is 17.9 Å². The Bertz CT molecular complexity index is 841. The fraction of sp³-hybridized carbons (Fsp3) is 0.571. The number of para-hydroxylation sites is 2. The van der Waals surface area contributed by atoms with Crippen molar-refractivity contribution in [2.45, 2.75) is 46.7 Å². The van der Waals surface area contributed by atoms with Crippen molar-refractivity contribution in [3.8, 4) is 0 Å². The van der Waals surface area contributed by atoms with Gasteiger partial charge in [-0.1, -0.05) is 26.0 Å². The molecule has 2 aromatic rings. The molecule has 1 aromatic carbocycles. The Kier molecular flexibility index (Phi) is 6.54. The molecule has 152 valence electrons. The van der Waals surface area contributed by atoms with Gasteiger partial charge in [0.1, 0.15) is 5.82 Å². The fourth-order valence-electron chi connectivity index (χ4n) is 3.70. The van der Waals surface area contributed by atoms with E-state index in [9.17, 15) is 4.79 Å². The lowest BCUT2D eigenvalue weighted by atomic mass is 10.2. The third-order valence-electron chi connectivity index (χ3n) is 5.12. The van der Waals surface area contributed by atoms with Crippen LogP contribution >= 0.6 is 0 Å². The van der Waals surface area contributed by atoms with Crippen LogP contribution in [0.5, 0.6) is 0 Å². The average Bonchev–Trinajstić information content (AvgIpc) is 3.25. The molecule has 7 heteroatoms. The van der Waals surface area contributed by atoms with Gasteiger partial charge in [0.05, 0.1) is 17.6 Å². The van der Waals surface area contributed by atoms with Gasteiger partial charge in [-0.3, -0.25) is 9.79 Å². The summed E-state index contributed by atoms with van der Waals surface area (Å²) in [4.78, 5) is 23.5. The predicted molar refractivity (Wildman–Crippen MR) is 113 cm³/mol. The van der Waals surface area contributed by atoms with Gasteiger partial charge >= 0.3 is 0 Å². The molecule has 0 aliphatic carbocycles. The van der Waals surface area contributed by atoms with E-state index in [0.717, 1.165) is 55.4 Å². The van der Waals surface area contributed by atoms with Crippen LogP contribution in [0.15, 0.2) is 29.3 Å². The Labute approximate surface area is 167 Å². The molecule has 0 saturated carbocycles. The lowest BCUT2D eigenvalue weighted by Gasteiger charge is -2.20. The number of guanidine groups is 1. The average molecular weight is 385 g/mol. The number of benzene rings is 1. The fourth-order valence-corrected chi connectivity index (χ4v) is 3.70. The number of hydrogen-bond acceptors (Lipinski definition) is 3. The van der Waals surface area contributed by atoms with E-state index in [1.54, 1.807) is 0 Å². The number of rotatable bonds is 6. The number of aromatic nitrogens is 2. The van der Waals surface area contributed by atoms with E-state index in [4.69, 9.17) is 4.99 Å². The third-order valence-corrected chi connectivity index (χ3v) is 5.12. The minimum absolute atomic E-state index is 0.0499. The van der Waals surface area contributed by atoms with Crippen LogP contribution in [0.25, 0.3) is 11.0 Å². The number of fused-ring (bicyclic) bond motifs is 1. The Balaban J connectivity index is 1.60. The summed E-state index contributed by atoms with van der Waals surface area (Å²) in [6.45, 7) is 11.8. The van der Waals surface area contributed by atoms with Crippen LogP contribution in [0.3, 0.4) is 0 Å². The molecule has 1 aromatic heterocycles. The highest BCUT2D eigenvalue weighted by Gasteiger charge is 2.27. The number of likely N-dealkylation sites (tertiary alicyclic amines) is 1. The summed E-state index contributed by atoms with van der Waals surface area (Å²) in [5.41, 5.74) is 2.17. The van der Waals surface area contributed by atoms with E-state index >= 15 is 0 Å². The number of carbonyl (C=O) groups excluding carboxylic acids is 1. The summed E-state index contributed by atoms with van der Waals surface area (Å²) in [6.07, 6.45) is 0.953. The van der Waals surface area contributed by atoms with Crippen LogP contribution < -0.4 is 10.6 Å². The monoisotopic (exact) mass is 384 g/mol. The van der Waals surface area contributed by atoms with Crippen LogP contribution in [0.1, 0.15) is 33.0 Å². The number of aryl methyl sites for hydroxylation is 1. The first-order valence-corrected chi connectivity index (χ1v) is 10.2. The van der Waals surface area contributed by atoms with Gasteiger partial charge in [-0.2, -0.15) is 0 Å². The lowest BCUT2D eigenvalue weighted by Crippen LogP contribution is -2.45. The highest BCUT2D eigenvalue weighted by molar-refractivity contribution is 5.81. The van der Waals surface area contributed by atoms with E-state index in [1.807, 2.05) is 43.9 Å². The van der Waals surface area contributed by atoms with E-state index in [2.05, 4.69) is 33.2 Å². The Hall–Kier alpha value is -2.57. The predicted octanol–water partition coefficient (Wildman–Crippen LogP) is 2.16. The number of imidazole rings is 1. The van der Waals surface area contributed by atoms with Crippen molar-refractivity contribution < 1.29 is 4.79 Å². The molecule has 1 atom stereocenters. The number of nitrogens with zero attached hydrogens (tertiary/aromatic N) is 4. The smallest absolute Gasteiger partial charge is 0.225 e. The minimum Gasteiger partial charge on any atom is -0.357 e. The molecule has 0 spiro atoms. The standard InChI is InChI=1S/C21H32N6O/c1-5-22-21(25-17-10-12-26(14-17)20(28)15(2)3)23-11-13-27-16(4)24-18-8-6-7-9-19(18)27/h6-9,15,17H,5,10-14H2,1-4H3,(H2,22,23,25). The molecular weight excluding hydrogens is 352 g/mol. The number of amides is 1. The van der Waals surface area contributed by atoms with Crippen molar-refractivity contribution >= 4 is 22.9 Å². The molecule has 3 rings (SSSR count). The second-order valence-electron chi connectivity index (χ2n) is 7.63. The van der Waals surface area contributed by atoms with Crippen molar-refractivity contribution in [1.82, 2.24) is 25.1 Å². The van der Waals surface area contributed by atoms with E-state index in [0.29, 0.717) is 6.54 Å². The summed E-state index contributed by atoms with van der Waals surface area (Å²) < 4.78 is 2.21. The van der Waals surface area contributed by atoms with Crippen LogP contribution in [-0.2, 0) is 11.3 Å². The lowest BCUT2D eigenvalue weighted by molar-refractivity contribution is -0.133. The maximum absolute atomic E-state index is 12.2. The van der Waals surface area contributed by atoms with Gasteiger partial charge in [-0.25, -0.2) is 4.98 Å². The molecule has 2 N–H and O–H groups in total. The quantitative estimate of drug-likeness (QED) is 0.591. The molecular formula is C21H32N6O. The molecule has 0 bridgehead atoms. The SMILES string of the molecule is CCNC(=NCCn1c(C)nc2ccccc21)NC1CCN(C(=O)C(C)C)C1. The molecule has 1 fully saturated rings. The summed E-state index contributed by atoms with van der Waals surface area (Å²) in [5, 5.41) is 6.81. The zero-order chi connectivity index (χ0) is 20.1. The molecule has 1 aliphatic heterocycles. The molecule has 1 saturated heterocycles. The largest absolute Gasteiger partial charge is 0.357 e. The molecule has 1 amide bonds. The first kappa shape index (κ1) is 20.2. The van der Waals surface area contributed by atoms with E-state index in [1.165, 1.54) is 0 Å². The first-order valence-electron chi connectivity index (χ1n) is 10.2. The zero-order valence-electron chi connectivity index (χ0n) is 17.4. The number of hydrogen-bond donors (Lipinski definition) is 2. The molecule has 2 heterocycles. The highest BCUT2D eigenvalue weighted by Crippen LogP contribution is 2.15. The van der Waals surface area contributed by atoms with Gasteiger partial charge in [-0.05, 0) is 32.4 Å². The normalized spacial score (nSPS) is 17.5. The summed E-state index contributed by atoms with van der Waals surface area (Å²) >= 11 is 0. The second-order valence-corrected chi connectivity index (χ2v) is 7.63. The molecule has 28 heavy (non-hydrogen) atoms. The van der Waals surface area contributed by atoms with Crippen molar-refractivity contribution in [1.29, 1.82) is 0 Å². The highest BCUT2D eigenvalue weighted by atomic mass is 16.2. The molecule has 0 radical (unpaired) electrons. The van der Waals surface area contributed by atoms with Gasteiger partial charge < -0.3 is 20.1 Å². The van der Waals surface area contributed by atoms with Gasteiger partial charge in [0.2, 0.25) is 5.91 Å². The summed E-state index contributed by atoms with van der Waals surface area (Å²) in [5.74, 6) is 2.10. The van der Waals surface area contributed by atoms with Crippen LogP contribution in [0, 0.1) is 12.8 Å². The van der Waals surface area contributed by atoms with Crippen molar-refractivity contribution in [2.75, 3.05) is 26.2 Å². The summed E-state index contributed by atoms with van der Waals surface area (Å²) in [7, 11) is 0. The van der Waals surface area contributed by atoms with Gasteiger partial charge in [0.25, 0.3) is 0 Å². The molecule has 1 aliphatic rings. The maximum Gasteiger partial charge on any atom is 0.225 e. The second kappa shape index (κ2) is 9.08. The Morgan fingerprint density at radius 1 is 1.36 bits per heavy atom.